The number of halogens is 6. The predicted molar refractivity (Wildman–Crippen MR) is 50.1 cm³/mol. The number of carbonyl (C=O) groups excluding carboxylic acids is 1. The molecule has 0 fully saturated rings. The fraction of sp³-hybridized carbons (Fsp3) is 0.333. The largest absolute Gasteiger partial charge is 0.573 e. The van der Waals surface area contributed by atoms with Crippen molar-refractivity contribution in [1.82, 2.24) is 4.98 Å². The van der Waals surface area contributed by atoms with Gasteiger partial charge in [0.25, 0.3) is 0 Å². The molecule has 0 spiro atoms. The Balaban J connectivity index is 3.55. The Hall–Kier alpha value is -2.20. The van der Waals surface area contributed by atoms with E-state index in [1.165, 1.54) is 0 Å². The van der Waals surface area contributed by atoms with Crippen molar-refractivity contribution in [2.24, 2.45) is 0 Å². The molecule has 0 saturated carbocycles. The van der Waals surface area contributed by atoms with Crippen molar-refractivity contribution >= 4 is 5.97 Å². The molecule has 0 amide bonds. The van der Waals surface area contributed by atoms with Gasteiger partial charge in [-0.15, -0.1) is 13.2 Å². The summed E-state index contributed by atoms with van der Waals surface area (Å²) >= 11 is 0. The smallest absolute Gasteiger partial charge is 0.464 e. The van der Waals surface area contributed by atoms with Gasteiger partial charge in [0, 0.05) is 6.20 Å². The van der Waals surface area contributed by atoms with Crippen LogP contribution in [0, 0.1) is 0 Å². The Morgan fingerprint density at radius 1 is 1.20 bits per heavy atom. The number of H-pyrrole nitrogens is 1. The van der Waals surface area contributed by atoms with Gasteiger partial charge in [0.15, 0.2) is 5.69 Å². The van der Waals surface area contributed by atoms with E-state index in [0.29, 0.717) is 0 Å². The number of ether oxygens (including phenoxy) is 2. The molecule has 1 rings (SSSR count). The molecule has 20 heavy (non-hydrogen) atoms. The first kappa shape index (κ1) is 15.9. The number of alkyl halides is 6. The number of pyridine rings is 1. The molecule has 0 aliphatic carbocycles. The van der Waals surface area contributed by atoms with Crippen molar-refractivity contribution in [2.45, 2.75) is 12.5 Å². The van der Waals surface area contributed by atoms with E-state index in [-0.39, 0.29) is 6.20 Å². The number of hydrogen-bond acceptors (Lipinski definition) is 4. The third kappa shape index (κ3) is 3.42. The molecular formula is C9H5F6NO4. The van der Waals surface area contributed by atoms with Gasteiger partial charge in [-0.25, -0.2) is 4.79 Å². The highest BCUT2D eigenvalue weighted by atomic mass is 19.4. The monoisotopic (exact) mass is 305 g/mol. The summed E-state index contributed by atoms with van der Waals surface area (Å²) < 4.78 is 80.7. The molecule has 11 heteroatoms. The van der Waals surface area contributed by atoms with Crippen LogP contribution < -0.4 is 10.2 Å². The maximum atomic E-state index is 12.4. The van der Waals surface area contributed by atoms with Crippen LogP contribution >= 0.6 is 0 Å². The van der Waals surface area contributed by atoms with Crippen LogP contribution in [0.4, 0.5) is 26.3 Å². The lowest BCUT2D eigenvalue weighted by atomic mass is 10.2. The minimum atomic E-state index is -5.46. The predicted octanol–water partition coefficient (Wildman–Crippen LogP) is 2.08. The summed E-state index contributed by atoms with van der Waals surface area (Å²) in [6.45, 7) is 0. The van der Waals surface area contributed by atoms with Gasteiger partial charge >= 0.3 is 18.5 Å². The summed E-state index contributed by atoms with van der Waals surface area (Å²) in [5.74, 6) is -3.32. The van der Waals surface area contributed by atoms with E-state index in [0.717, 1.165) is 7.11 Å². The van der Waals surface area contributed by atoms with Crippen LogP contribution in [-0.2, 0) is 10.9 Å². The van der Waals surface area contributed by atoms with Crippen LogP contribution in [0.3, 0.4) is 0 Å². The fourth-order valence-electron chi connectivity index (χ4n) is 1.19. The van der Waals surface area contributed by atoms with E-state index < -0.39 is 40.9 Å². The van der Waals surface area contributed by atoms with E-state index in [2.05, 4.69) is 9.47 Å². The minimum absolute atomic E-state index is 0.0534. The van der Waals surface area contributed by atoms with Gasteiger partial charge in [-0.05, 0) is 0 Å². The molecule has 1 N–H and O–H groups in total. The Bertz CT molecular complexity index is 573. The Labute approximate surface area is 106 Å². The molecular weight excluding hydrogens is 300 g/mol. The average molecular weight is 305 g/mol. The van der Waals surface area contributed by atoms with E-state index in [9.17, 15) is 35.9 Å². The van der Waals surface area contributed by atoms with E-state index in [1.54, 1.807) is 4.98 Å². The second-order valence-corrected chi connectivity index (χ2v) is 3.27. The Kier molecular flexibility index (Phi) is 4.01. The molecule has 0 aromatic carbocycles. The zero-order chi connectivity index (χ0) is 15.7. The van der Waals surface area contributed by atoms with Gasteiger partial charge in [-0.1, -0.05) is 0 Å². The molecule has 112 valence electrons. The van der Waals surface area contributed by atoms with Gasteiger partial charge in [0.1, 0.15) is 5.56 Å². The van der Waals surface area contributed by atoms with Crippen molar-refractivity contribution in [2.75, 3.05) is 7.11 Å². The van der Waals surface area contributed by atoms with Crippen molar-refractivity contribution in [3.63, 3.8) is 0 Å². The molecule has 0 bridgehead atoms. The summed E-state index contributed by atoms with van der Waals surface area (Å²) in [5, 5.41) is 0. The van der Waals surface area contributed by atoms with Gasteiger partial charge in [0.2, 0.25) is 11.2 Å². The molecule has 1 aromatic rings. The highest BCUT2D eigenvalue weighted by Crippen LogP contribution is 2.30. The number of aromatic nitrogens is 1. The highest BCUT2D eigenvalue weighted by molar-refractivity contribution is 5.90. The molecule has 0 aliphatic heterocycles. The van der Waals surface area contributed by atoms with Crippen LogP contribution in [0.1, 0.15) is 16.1 Å². The normalized spacial score (nSPS) is 12.2. The van der Waals surface area contributed by atoms with Gasteiger partial charge in [-0.3, -0.25) is 4.79 Å². The molecule has 0 aliphatic rings. The quantitative estimate of drug-likeness (QED) is 0.671. The zero-order valence-corrected chi connectivity index (χ0v) is 9.48. The van der Waals surface area contributed by atoms with Gasteiger partial charge in [0.05, 0.1) is 7.11 Å². The van der Waals surface area contributed by atoms with Crippen LogP contribution in [0.15, 0.2) is 11.0 Å². The van der Waals surface area contributed by atoms with Gasteiger partial charge < -0.3 is 14.5 Å². The Morgan fingerprint density at radius 2 is 1.75 bits per heavy atom. The number of rotatable bonds is 2. The van der Waals surface area contributed by atoms with Crippen molar-refractivity contribution in [3.8, 4) is 5.75 Å². The number of carbonyl (C=O) groups is 1. The van der Waals surface area contributed by atoms with E-state index in [1.807, 2.05) is 0 Å². The molecule has 1 heterocycles. The lowest BCUT2D eigenvalue weighted by Crippen LogP contribution is -2.29. The van der Waals surface area contributed by atoms with Crippen LogP contribution in [0.25, 0.3) is 0 Å². The second-order valence-electron chi connectivity index (χ2n) is 3.27. The lowest BCUT2D eigenvalue weighted by molar-refractivity contribution is -0.275. The molecule has 0 atom stereocenters. The number of methoxy groups -OCH3 is 1. The molecule has 1 aromatic heterocycles. The summed E-state index contributed by atoms with van der Waals surface area (Å²) in [6, 6.07) is 0. The first-order chi connectivity index (χ1) is 8.97. The maximum Gasteiger partial charge on any atom is 0.573 e. The SMILES string of the molecule is COC(=O)c1[nH]cc(C(F)(F)F)c(=O)c1OC(F)(F)F. The topological polar surface area (TPSA) is 68.4 Å². The highest BCUT2D eigenvalue weighted by Gasteiger charge is 2.40. The van der Waals surface area contributed by atoms with Crippen LogP contribution in [-0.4, -0.2) is 24.4 Å². The van der Waals surface area contributed by atoms with Gasteiger partial charge in [-0.2, -0.15) is 13.2 Å². The van der Waals surface area contributed by atoms with Crippen molar-refractivity contribution in [1.29, 1.82) is 0 Å². The molecule has 0 saturated heterocycles. The van der Waals surface area contributed by atoms with Crippen molar-refractivity contribution < 1.29 is 40.6 Å². The summed E-state index contributed by atoms with van der Waals surface area (Å²) in [7, 11) is 0.760. The first-order valence-electron chi connectivity index (χ1n) is 4.64. The minimum Gasteiger partial charge on any atom is -0.464 e. The molecule has 0 radical (unpaired) electrons. The second kappa shape index (κ2) is 5.06. The number of aromatic amines is 1. The van der Waals surface area contributed by atoms with Crippen LogP contribution in [0.2, 0.25) is 0 Å². The number of hydrogen-bond donors (Lipinski definition) is 1. The van der Waals surface area contributed by atoms with Crippen LogP contribution in [0.5, 0.6) is 5.75 Å². The first-order valence-corrected chi connectivity index (χ1v) is 4.64. The van der Waals surface area contributed by atoms with E-state index in [4.69, 9.17) is 0 Å². The van der Waals surface area contributed by atoms with Crippen molar-refractivity contribution in [3.05, 3.63) is 27.7 Å². The molecule has 5 nitrogen and oxygen atoms in total. The zero-order valence-electron chi connectivity index (χ0n) is 9.48. The lowest BCUT2D eigenvalue weighted by Gasteiger charge is -2.13. The average Bonchev–Trinajstić information content (AvgIpc) is 2.27. The maximum absolute atomic E-state index is 12.4. The third-order valence-electron chi connectivity index (χ3n) is 1.95. The summed E-state index contributed by atoms with van der Waals surface area (Å²) in [6.07, 6.45) is -10.6. The third-order valence-corrected chi connectivity index (χ3v) is 1.95. The number of esters is 1. The molecule has 0 unspecified atom stereocenters. The number of nitrogens with one attached hydrogen (secondary N) is 1. The summed E-state index contributed by atoms with van der Waals surface area (Å²) in [5.41, 5.74) is -5.25. The Morgan fingerprint density at radius 3 is 2.15 bits per heavy atom. The summed E-state index contributed by atoms with van der Waals surface area (Å²) in [4.78, 5) is 24.1. The fourth-order valence-corrected chi connectivity index (χ4v) is 1.19. The standard InChI is InChI=1S/C9H5F6NO4/c1-19-7(18)4-6(20-9(13,14)15)5(17)3(2-16-4)8(10,11)12/h2H,1H3,(H,16,17). The van der Waals surface area contributed by atoms with E-state index >= 15 is 0 Å².